The van der Waals surface area contributed by atoms with E-state index in [1.165, 1.54) is 28.8 Å². The Labute approximate surface area is 329 Å². The molecule has 2 N–H and O–H groups in total. The van der Waals surface area contributed by atoms with Crippen LogP contribution in [0.4, 0.5) is 5.69 Å². The van der Waals surface area contributed by atoms with E-state index in [9.17, 15) is 9.90 Å². The molecule has 292 valence electrons. The quantitative estimate of drug-likeness (QED) is 0.146. The van der Waals surface area contributed by atoms with Gasteiger partial charge in [-0.15, -0.1) is 0 Å². The number of aryl methyl sites for hydroxylation is 1. The molecule has 8 rings (SSSR count). The van der Waals surface area contributed by atoms with E-state index in [2.05, 4.69) is 48.2 Å². The van der Waals surface area contributed by atoms with Gasteiger partial charge in [0.1, 0.15) is 23.2 Å². The Balaban J connectivity index is 1.05. The lowest BCUT2D eigenvalue weighted by Crippen LogP contribution is -2.53. The normalized spacial score (nSPS) is 26.2. The van der Waals surface area contributed by atoms with E-state index in [4.69, 9.17) is 30.2 Å². The second-order valence-corrected chi connectivity index (χ2v) is 17.2. The predicted octanol–water partition coefficient (Wildman–Crippen LogP) is 9.45. The molecule has 1 saturated carbocycles. The van der Waals surface area contributed by atoms with E-state index in [1.807, 2.05) is 42.6 Å². The highest BCUT2D eigenvalue weighted by Gasteiger charge is 2.54. The third-order valence-corrected chi connectivity index (χ3v) is 13.1. The molecule has 2 aromatic heterocycles. The smallest absolute Gasteiger partial charge is 0.329 e. The third kappa shape index (κ3) is 7.79. The summed E-state index contributed by atoms with van der Waals surface area (Å²) in [6.07, 6.45) is 12.0. The van der Waals surface area contributed by atoms with Crippen LogP contribution in [0, 0.1) is 11.8 Å². The molecular formula is C45H54ClN3O6. The minimum atomic E-state index is -1.09. The Morgan fingerprint density at radius 1 is 1.11 bits per heavy atom. The second-order valence-electron chi connectivity index (χ2n) is 16.8. The Kier molecular flexibility index (Phi) is 10.8. The first-order chi connectivity index (χ1) is 26.6. The van der Waals surface area contributed by atoms with Gasteiger partial charge in [-0.2, -0.15) is 0 Å². The zero-order valence-electron chi connectivity index (χ0n) is 32.3. The van der Waals surface area contributed by atoms with Crippen LogP contribution in [0.15, 0.2) is 71.5 Å². The third-order valence-electron chi connectivity index (χ3n) is 12.9. The summed E-state index contributed by atoms with van der Waals surface area (Å²) in [7, 11) is 2.09. The molecule has 10 heteroatoms. The summed E-state index contributed by atoms with van der Waals surface area (Å²) in [4.78, 5) is 20.0. The molecule has 3 heterocycles. The first-order valence-corrected chi connectivity index (χ1v) is 20.5. The molecule has 4 aromatic rings. The van der Waals surface area contributed by atoms with E-state index in [1.54, 1.807) is 12.3 Å². The van der Waals surface area contributed by atoms with E-state index in [0.29, 0.717) is 49.5 Å². The number of nitrogens with zero attached hydrogens (tertiary/aromatic N) is 2. The molecule has 0 amide bonds. The zero-order chi connectivity index (χ0) is 38.2. The maximum atomic E-state index is 13.1. The number of pyridine rings is 1. The summed E-state index contributed by atoms with van der Waals surface area (Å²) < 4.78 is 25.4. The number of aromatic nitrogens is 1. The molecule has 0 bridgehead atoms. The van der Waals surface area contributed by atoms with Crippen molar-refractivity contribution in [1.29, 1.82) is 0 Å². The molecule has 9 nitrogen and oxygen atoms in total. The van der Waals surface area contributed by atoms with Gasteiger partial charge in [0.25, 0.3) is 0 Å². The van der Waals surface area contributed by atoms with Crippen molar-refractivity contribution in [1.82, 2.24) is 9.88 Å². The summed E-state index contributed by atoms with van der Waals surface area (Å²) in [5.41, 5.74) is 4.46. The van der Waals surface area contributed by atoms with Crippen LogP contribution in [0.5, 0.6) is 17.2 Å². The summed E-state index contributed by atoms with van der Waals surface area (Å²) in [6.45, 7) is 7.23. The molecule has 55 heavy (non-hydrogen) atoms. The number of hydrogen-bond acceptors (Lipinski definition) is 8. The topological polar surface area (TPSA) is 106 Å². The average Bonchev–Trinajstić information content (AvgIpc) is 3.71. The van der Waals surface area contributed by atoms with Crippen molar-refractivity contribution in [3.05, 3.63) is 100 Å². The van der Waals surface area contributed by atoms with Crippen molar-refractivity contribution < 1.29 is 28.5 Å². The minimum absolute atomic E-state index is 0.0425. The number of ether oxygens (including phenoxy) is 3. The van der Waals surface area contributed by atoms with Gasteiger partial charge in [0.05, 0.1) is 26.0 Å². The molecule has 0 unspecified atom stereocenters. The highest BCUT2D eigenvalue weighted by Crippen LogP contribution is 2.58. The average molecular weight is 768 g/mol. The molecule has 1 spiro atoms. The first kappa shape index (κ1) is 37.7. The fourth-order valence-electron chi connectivity index (χ4n) is 10.1. The number of furan rings is 1. The predicted molar refractivity (Wildman–Crippen MR) is 214 cm³/mol. The van der Waals surface area contributed by atoms with Crippen molar-refractivity contribution in [3.8, 4) is 17.2 Å². The van der Waals surface area contributed by atoms with Crippen LogP contribution in [-0.2, 0) is 29.6 Å². The number of anilines is 1. The van der Waals surface area contributed by atoms with Gasteiger partial charge in [0.2, 0.25) is 0 Å². The molecule has 4 aliphatic rings. The maximum Gasteiger partial charge on any atom is 0.329 e. The standard InChI is InChI=1S/C45H54ClN3O6/c1-29(28-54-39-12-18-47-38-11-4-7-30(2)42(38)39)21-32-22-31-23-40-41(55-36(13-20-53-40)27-49(3)26-35-10-6-19-52-35)25-37(31)44(32)14-16-45(17-15-44,43(50)51)48-34-9-5-8-33(46)24-34/h5-6,8-10,12,18-19,23-25,29-30,32,36,48H,4,7,11,13-17,20-22,26-28H2,1-3H3,(H,50,51)/t29-,30-,32+,36-,44?,45?/m1/s1. The van der Waals surface area contributed by atoms with Crippen molar-refractivity contribution in [2.75, 3.05) is 32.1 Å². The van der Waals surface area contributed by atoms with Gasteiger partial charge in [-0.3, -0.25) is 9.88 Å². The van der Waals surface area contributed by atoms with Gasteiger partial charge in [-0.25, -0.2) is 4.79 Å². The van der Waals surface area contributed by atoms with E-state index < -0.39 is 11.5 Å². The van der Waals surface area contributed by atoms with Gasteiger partial charge in [0.15, 0.2) is 11.5 Å². The van der Waals surface area contributed by atoms with Crippen LogP contribution in [-0.4, -0.2) is 59.4 Å². The summed E-state index contributed by atoms with van der Waals surface area (Å²) in [6, 6.07) is 17.8. The number of fused-ring (bicyclic) bond motifs is 4. The second kappa shape index (κ2) is 15.7. The van der Waals surface area contributed by atoms with Crippen molar-refractivity contribution in [2.24, 2.45) is 11.8 Å². The summed E-state index contributed by atoms with van der Waals surface area (Å²) >= 11 is 6.33. The summed E-state index contributed by atoms with van der Waals surface area (Å²) in [5, 5.41) is 14.7. The number of nitrogens with one attached hydrogen (secondary N) is 1. The Morgan fingerprint density at radius 3 is 2.75 bits per heavy atom. The highest BCUT2D eigenvalue weighted by atomic mass is 35.5. The van der Waals surface area contributed by atoms with Crippen molar-refractivity contribution in [2.45, 2.75) is 108 Å². The van der Waals surface area contributed by atoms with Crippen LogP contribution >= 0.6 is 11.6 Å². The van der Waals surface area contributed by atoms with E-state index in [0.717, 1.165) is 80.2 Å². The Hall–Kier alpha value is -4.21. The number of carboxylic acids is 1. The van der Waals surface area contributed by atoms with Crippen molar-refractivity contribution in [3.63, 3.8) is 0 Å². The van der Waals surface area contributed by atoms with Gasteiger partial charge < -0.3 is 29.1 Å². The SMILES string of the molecule is C[C@@H](COc1ccnc2c1[C@H](C)CCC2)C[C@H]1Cc2cc3c(cc2C12CCC(Nc1cccc(Cl)c1)(C(=O)O)CC2)O[C@@H](CN(C)Cc1ccco1)CCO3. The summed E-state index contributed by atoms with van der Waals surface area (Å²) in [5.74, 6) is 3.71. The number of benzene rings is 2. The molecule has 4 atom stereocenters. The van der Waals surface area contributed by atoms with Crippen molar-refractivity contribution >= 4 is 23.3 Å². The molecule has 3 aliphatic carbocycles. The minimum Gasteiger partial charge on any atom is -0.493 e. The zero-order valence-corrected chi connectivity index (χ0v) is 33.1. The molecule has 1 aliphatic heterocycles. The van der Waals surface area contributed by atoms with Crippen LogP contribution < -0.4 is 19.5 Å². The van der Waals surface area contributed by atoms with Crippen LogP contribution in [0.1, 0.15) is 99.3 Å². The Bertz CT molecular complexity index is 1970. The van der Waals surface area contributed by atoms with Crippen LogP contribution in [0.25, 0.3) is 0 Å². The largest absolute Gasteiger partial charge is 0.493 e. The molecule has 1 fully saturated rings. The lowest BCUT2D eigenvalue weighted by molar-refractivity contribution is -0.144. The molecule has 2 aromatic carbocycles. The van der Waals surface area contributed by atoms with Crippen LogP contribution in [0.3, 0.4) is 0 Å². The van der Waals surface area contributed by atoms with Gasteiger partial charge >= 0.3 is 5.97 Å². The lowest BCUT2D eigenvalue weighted by atomic mass is 9.59. The lowest BCUT2D eigenvalue weighted by Gasteiger charge is -2.47. The van der Waals surface area contributed by atoms with Gasteiger partial charge in [-0.05, 0) is 148 Å². The first-order valence-electron chi connectivity index (χ1n) is 20.2. The highest BCUT2D eigenvalue weighted by molar-refractivity contribution is 6.30. The van der Waals surface area contributed by atoms with Gasteiger partial charge in [0, 0.05) is 41.1 Å². The van der Waals surface area contributed by atoms with Gasteiger partial charge in [-0.1, -0.05) is 31.5 Å². The fraction of sp³-hybridized carbons (Fsp3) is 0.511. The van der Waals surface area contributed by atoms with E-state index in [-0.39, 0.29) is 17.4 Å². The number of hydrogen-bond donors (Lipinski definition) is 2. The number of aliphatic carboxylic acids is 1. The number of rotatable bonds is 12. The maximum absolute atomic E-state index is 13.1. The number of carboxylic acid groups (broad SMARTS) is 1. The number of halogens is 1. The molecule has 0 saturated heterocycles. The number of carbonyl (C=O) groups is 1. The molecule has 0 radical (unpaired) electrons. The number of likely N-dealkylation sites (N-methyl/N-ethyl adjacent to an activating group) is 1. The van der Waals surface area contributed by atoms with E-state index >= 15 is 0 Å². The fourth-order valence-corrected chi connectivity index (χ4v) is 10.3. The van der Waals surface area contributed by atoms with Crippen LogP contribution in [0.2, 0.25) is 5.02 Å². The molecular weight excluding hydrogens is 714 g/mol. The Morgan fingerprint density at radius 2 is 1.96 bits per heavy atom. The monoisotopic (exact) mass is 767 g/mol.